The number of alkyl halides is 3. The van der Waals surface area contributed by atoms with Crippen molar-refractivity contribution in [2.24, 2.45) is 0 Å². The number of benzene rings is 2. The molecule has 2 aromatic rings. The highest BCUT2D eigenvalue weighted by atomic mass is 35.5. The topological polar surface area (TPSA) is 29.1 Å². The van der Waals surface area contributed by atoms with Gasteiger partial charge in [-0.05, 0) is 30.3 Å². The van der Waals surface area contributed by atoms with Crippen molar-refractivity contribution in [1.82, 2.24) is 0 Å². The molecule has 23 heavy (non-hydrogen) atoms. The summed E-state index contributed by atoms with van der Waals surface area (Å²) in [5.74, 6) is -0.658. The van der Waals surface area contributed by atoms with Gasteiger partial charge in [0.05, 0.1) is 22.0 Å². The van der Waals surface area contributed by atoms with Crippen LogP contribution in [0.4, 0.5) is 18.9 Å². The van der Waals surface area contributed by atoms with Crippen LogP contribution in [0.2, 0.25) is 10.0 Å². The second kappa shape index (κ2) is 7.47. The van der Waals surface area contributed by atoms with E-state index < -0.39 is 17.6 Å². The molecule has 0 saturated carbocycles. The Balaban J connectivity index is 2.05. The van der Waals surface area contributed by atoms with Crippen LogP contribution in [0.15, 0.2) is 47.4 Å². The summed E-state index contributed by atoms with van der Waals surface area (Å²) in [4.78, 5) is 12.5. The van der Waals surface area contributed by atoms with Gasteiger partial charge in [0.25, 0.3) is 0 Å². The maximum Gasteiger partial charge on any atom is 0.418 e. The molecule has 1 amide bonds. The quantitative estimate of drug-likeness (QED) is 0.685. The molecule has 2 rings (SSSR count). The van der Waals surface area contributed by atoms with E-state index in [4.69, 9.17) is 23.2 Å². The van der Waals surface area contributed by atoms with Gasteiger partial charge in [-0.3, -0.25) is 4.79 Å². The lowest BCUT2D eigenvalue weighted by molar-refractivity contribution is -0.137. The third-order valence-corrected chi connectivity index (χ3v) is 4.49. The van der Waals surface area contributed by atoms with Crippen molar-refractivity contribution in [2.45, 2.75) is 11.1 Å². The average molecular weight is 380 g/mol. The van der Waals surface area contributed by atoms with Crippen molar-refractivity contribution in [3.63, 3.8) is 0 Å². The van der Waals surface area contributed by atoms with Crippen molar-refractivity contribution < 1.29 is 18.0 Å². The van der Waals surface area contributed by atoms with Crippen molar-refractivity contribution in [1.29, 1.82) is 0 Å². The first-order chi connectivity index (χ1) is 10.8. The number of amides is 1. The Morgan fingerprint density at radius 2 is 1.83 bits per heavy atom. The summed E-state index contributed by atoms with van der Waals surface area (Å²) in [6, 6.07) is 9.58. The molecule has 0 aliphatic rings. The molecule has 1 N–H and O–H groups in total. The lowest BCUT2D eigenvalue weighted by atomic mass is 10.1. The fourth-order valence-electron chi connectivity index (χ4n) is 1.76. The summed E-state index contributed by atoms with van der Waals surface area (Å²) in [6.07, 6.45) is -4.53. The number of hydrogen-bond donors (Lipinski definition) is 1. The molecule has 0 fully saturated rings. The molecule has 0 aromatic heterocycles. The van der Waals surface area contributed by atoms with Gasteiger partial charge in [-0.15, -0.1) is 11.8 Å². The van der Waals surface area contributed by atoms with Crippen molar-refractivity contribution in [3.8, 4) is 0 Å². The SMILES string of the molecule is O=C(CSc1cc(Cl)ccc1Cl)Nc1ccccc1C(F)(F)F. The van der Waals surface area contributed by atoms with Crippen LogP contribution in [0.25, 0.3) is 0 Å². The van der Waals surface area contributed by atoms with Crippen LogP contribution in [-0.2, 0) is 11.0 Å². The fourth-order valence-corrected chi connectivity index (χ4v) is 3.05. The maximum absolute atomic E-state index is 12.9. The number of halogens is 5. The van der Waals surface area contributed by atoms with Crippen molar-refractivity contribution in [3.05, 3.63) is 58.1 Å². The molecular formula is C15H10Cl2F3NOS. The number of para-hydroxylation sites is 1. The Kier molecular flexibility index (Phi) is 5.84. The van der Waals surface area contributed by atoms with Crippen LogP contribution in [0.5, 0.6) is 0 Å². The van der Waals surface area contributed by atoms with E-state index in [1.165, 1.54) is 18.2 Å². The Labute approximate surface area is 145 Å². The molecular weight excluding hydrogens is 370 g/mol. The number of carbonyl (C=O) groups excluding carboxylic acids is 1. The summed E-state index contributed by atoms with van der Waals surface area (Å²) < 4.78 is 38.6. The van der Waals surface area contributed by atoms with Gasteiger partial charge < -0.3 is 5.32 Å². The Morgan fingerprint density at radius 3 is 2.52 bits per heavy atom. The van der Waals surface area contributed by atoms with Gasteiger partial charge in [0.2, 0.25) is 5.91 Å². The van der Waals surface area contributed by atoms with Crippen LogP contribution < -0.4 is 5.32 Å². The van der Waals surface area contributed by atoms with Gasteiger partial charge >= 0.3 is 6.18 Å². The molecule has 0 aliphatic carbocycles. The zero-order valence-corrected chi connectivity index (χ0v) is 13.8. The molecule has 2 aromatic carbocycles. The lowest BCUT2D eigenvalue weighted by Gasteiger charge is -2.13. The molecule has 0 spiro atoms. The van der Waals surface area contributed by atoms with Gasteiger partial charge in [-0.25, -0.2) is 0 Å². The highest BCUT2D eigenvalue weighted by Gasteiger charge is 2.33. The number of carbonyl (C=O) groups is 1. The van der Waals surface area contributed by atoms with Gasteiger partial charge in [0.15, 0.2) is 0 Å². The molecule has 0 heterocycles. The number of thioether (sulfide) groups is 1. The Hall–Kier alpha value is -1.37. The molecule has 0 unspecified atom stereocenters. The van der Waals surface area contributed by atoms with Crippen LogP contribution in [-0.4, -0.2) is 11.7 Å². The minimum absolute atomic E-state index is 0.0910. The molecule has 122 valence electrons. The third-order valence-electron chi connectivity index (χ3n) is 2.76. The van der Waals surface area contributed by atoms with Crippen LogP contribution in [0.3, 0.4) is 0 Å². The summed E-state index contributed by atoms with van der Waals surface area (Å²) >= 11 is 12.9. The largest absolute Gasteiger partial charge is 0.418 e. The molecule has 0 saturated heterocycles. The molecule has 0 bridgehead atoms. The Bertz CT molecular complexity index is 722. The van der Waals surface area contributed by atoms with E-state index in [0.717, 1.165) is 17.8 Å². The van der Waals surface area contributed by atoms with Gasteiger partial charge in [-0.2, -0.15) is 13.2 Å². The minimum Gasteiger partial charge on any atom is -0.325 e. The Morgan fingerprint density at radius 1 is 1.13 bits per heavy atom. The summed E-state index contributed by atoms with van der Waals surface area (Å²) in [6.45, 7) is 0. The summed E-state index contributed by atoms with van der Waals surface area (Å²) in [7, 11) is 0. The lowest BCUT2D eigenvalue weighted by Crippen LogP contribution is -2.18. The number of hydrogen-bond acceptors (Lipinski definition) is 2. The molecule has 0 aliphatic heterocycles. The van der Waals surface area contributed by atoms with Crippen molar-refractivity contribution in [2.75, 3.05) is 11.1 Å². The molecule has 2 nitrogen and oxygen atoms in total. The van der Waals surface area contributed by atoms with Gasteiger partial charge in [0.1, 0.15) is 0 Å². The normalized spacial score (nSPS) is 11.3. The molecule has 8 heteroatoms. The maximum atomic E-state index is 12.9. The van der Waals surface area contributed by atoms with E-state index in [1.807, 2.05) is 0 Å². The monoisotopic (exact) mass is 379 g/mol. The molecule has 0 radical (unpaired) electrons. The number of anilines is 1. The van der Waals surface area contributed by atoms with E-state index in [1.54, 1.807) is 18.2 Å². The van der Waals surface area contributed by atoms with Crippen molar-refractivity contribution >= 4 is 46.6 Å². The van der Waals surface area contributed by atoms with Gasteiger partial charge in [0, 0.05) is 9.92 Å². The minimum atomic E-state index is -4.53. The first-order valence-corrected chi connectivity index (χ1v) is 8.05. The van der Waals surface area contributed by atoms with Crippen LogP contribution in [0.1, 0.15) is 5.56 Å². The van der Waals surface area contributed by atoms with E-state index in [2.05, 4.69) is 5.32 Å². The predicted octanol–water partition coefficient (Wildman–Crippen LogP) is 5.74. The van der Waals surface area contributed by atoms with E-state index in [0.29, 0.717) is 14.9 Å². The third kappa shape index (κ3) is 5.06. The second-order valence-corrected chi connectivity index (χ2v) is 6.32. The second-order valence-electron chi connectivity index (χ2n) is 4.45. The van der Waals surface area contributed by atoms with E-state index >= 15 is 0 Å². The summed E-state index contributed by atoms with van der Waals surface area (Å²) in [5.41, 5.74) is -1.16. The zero-order valence-electron chi connectivity index (χ0n) is 11.5. The summed E-state index contributed by atoms with van der Waals surface area (Å²) in [5, 5.41) is 3.14. The van der Waals surface area contributed by atoms with Crippen LogP contribution >= 0.6 is 35.0 Å². The van der Waals surface area contributed by atoms with E-state index in [9.17, 15) is 18.0 Å². The smallest absolute Gasteiger partial charge is 0.325 e. The fraction of sp³-hybridized carbons (Fsp3) is 0.133. The number of rotatable bonds is 4. The standard InChI is InChI=1S/C15H10Cl2F3NOS/c16-9-5-6-11(17)13(7-9)23-8-14(22)21-12-4-2-1-3-10(12)15(18,19)20/h1-7H,8H2,(H,21,22). The molecule has 0 atom stereocenters. The van der Waals surface area contributed by atoms with E-state index in [-0.39, 0.29) is 11.4 Å². The van der Waals surface area contributed by atoms with Crippen LogP contribution in [0, 0.1) is 0 Å². The highest BCUT2D eigenvalue weighted by molar-refractivity contribution is 8.00. The zero-order chi connectivity index (χ0) is 17.0. The van der Waals surface area contributed by atoms with Gasteiger partial charge in [-0.1, -0.05) is 35.3 Å². The first-order valence-electron chi connectivity index (χ1n) is 6.31. The highest BCUT2D eigenvalue weighted by Crippen LogP contribution is 2.35. The average Bonchev–Trinajstić information content (AvgIpc) is 2.47. The first kappa shape index (κ1) is 18.0. The number of nitrogens with one attached hydrogen (secondary N) is 1. The predicted molar refractivity (Wildman–Crippen MR) is 87.3 cm³/mol.